The van der Waals surface area contributed by atoms with Crippen molar-refractivity contribution < 1.29 is 32.2 Å². The molecule has 152 valence electrons. The van der Waals surface area contributed by atoms with E-state index >= 15 is 0 Å². The van der Waals surface area contributed by atoms with Crippen molar-refractivity contribution in [1.29, 1.82) is 0 Å². The molecule has 0 aliphatic heterocycles. The predicted octanol–water partition coefficient (Wildman–Crippen LogP) is 5.48. The van der Waals surface area contributed by atoms with E-state index in [9.17, 15) is 13.6 Å². The number of carbonyl (C=O) groups is 1. The molecule has 3 rings (SSSR count). The number of methoxy groups -OCH3 is 1. The summed E-state index contributed by atoms with van der Waals surface area (Å²) in [5, 5.41) is 2.56. The molecule has 0 bridgehead atoms. The molecule has 6 nitrogen and oxygen atoms in total. The van der Waals surface area contributed by atoms with Crippen molar-refractivity contribution in [2.45, 2.75) is 13.2 Å². The second kappa shape index (κ2) is 9.42. The van der Waals surface area contributed by atoms with Crippen LogP contribution < -0.4 is 19.5 Å². The Balaban J connectivity index is 1.63. The largest absolute Gasteiger partial charge is 0.493 e. The van der Waals surface area contributed by atoms with Crippen LogP contribution >= 0.6 is 15.9 Å². The smallest absolute Gasteiger partial charge is 0.387 e. The van der Waals surface area contributed by atoms with Gasteiger partial charge in [0.05, 0.1) is 7.11 Å². The number of anilines is 1. The number of hydrogen-bond acceptors (Lipinski definition) is 5. The molecule has 0 aliphatic carbocycles. The van der Waals surface area contributed by atoms with Crippen LogP contribution in [0.1, 0.15) is 16.3 Å². The summed E-state index contributed by atoms with van der Waals surface area (Å²) < 4.78 is 46.4. The van der Waals surface area contributed by atoms with Gasteiger partial charge in [-0.1, -0.05) is 15.9 Å². The van der Waals surface area contributed by atoms with E-state index in [1.807, 2.05) is 12.1 Å². The van der Waals surface area contributed by atoms with Crippen LogP contribution in [0.5, 0.6) is 17.2 Å². The van der Waals surface area contributed by atoms with Crippen LogP contribution in [0, 0.1) is 0 Å². The van der Waals surface area contributed by atoms with E-state index in [0.29, 0.717) is 11.5 Å². The summed E-state index contributed by atoms with van der Waals surface area (Å²) in [4.78, 5) is 12.4. The topological polar surface area (TPSA) is 69.9 Å². The molecule has 0 spiro atoms. The Morgan fingerprint density at radius 2 is 1.86 bits per heavy atom. The lowest BCUT2D eigenvalue weighted by Gasteiger charge is -2.11. The molecule has 9 heteroatoms. The first-order valence-electron chi connectivity index (χ1n) is 8.36. The molecular formula is C20H16BrF2NO5. The third kappa shape index (κ3) is 5.71. The van der Waals surface area contributed by atoms with Gasteiger partial charge in [-0.2, -0.15) is 8.78 Å². The number of nitrogens with one attached hydrogen (secondary N) is 1. The zero-order valence-electron chi connectivity index (χ0n) is 15.2. The van der Waals surface area contributed by atoms with E-state index in [4.69, 9.17) is 13.9 Å². The van der Waals surface area contributed by atoms with Crippen molar-refractivity contribution in [3.63, 3.8) is 0 Å². The van der Waals surface area contributed by atoms with Gasteiger partial charge in [0, 0.05) is 16.2 Å². The van der Waals surface area contributed by atoms with Gasteiger partial charge in [-0.25, -0.2) is 0 Å². The molecule has 29 heavy (non-hydrogen) atoms. The van der Waals surface area contributed by atoms with Crippen LogP contribution in [-0.4, -0.2) is 19.6 Å². The van der Waals surface area contributed by atoms with Gasteiger partial charge in [0.25, 0.3) is 5.91 Å². The fourth-order valence-electron chi connectivity index (χ4n) is 2.40. The molecule has 1 heterocycles. The fraction of sp³-hybridized carbons (Fsp3) is 0.150. The lowest BCUT2D eigenvalue weighted by Crippen LogP contribution is -2.11. The van der Waals surface area contributed by atoms with Crippen LogP contribution in [0.4, 0.5) is 14.5 Å². The number of furan rings is 1. The van der Waals surface area contributed by atoms with Gasteiger partial charge in [-0.15, -0.1) is 0 Å². The maximum Gasteiger partial charge on any atom is 0.387 e. The van der Waals surface area contributed by atoms with Crippen molar-refractivity contribution in [2.24, 2.45) is 0 Å². The minimum absolute atomic E-state index is 0.0477. The molecule has 1 N–H and O–H groups in total. The highest BCUT2D eigenvalue weighted by molar-refractivity contribution is 9.10. The number of benzene rings is 2. The Morgan fingerprint density at radius 3 is 2.55 bits per heavy atom. The Labute approximate surface area is 173 Å². The highest BCUT2D eigenvalue weighted by atomic mass is 79.9. The van der Waals surface area contributed by atoms with Gasteiger partial charge >= 0.3 is 6.61 Å². The SMILES string of the molecule is COc1ccc(NC(=O)c2ccc(COc3ccc(Br)cc3)o2)cc1OC(F)F. The highest BCUT2D eigenvalue weighted by Gasteiger charge is 2.15. The van der Waals surface area contributed by atoms with Crippen LogP contribution in [0.2, 0.25) is 0 Å². The second-order valence-electron chi connectivity index (χ2n) is 5.71. The molecule has 0 saturated carbocycles. The molecule has 2 aromatic carbocycles. The number of amides is 1. The van der Waals surface area contributed by atoms with Gasteiger partial charge in [0.15, 0.2) is 17.3 Å². The Hall–Kier alpha value is -3.07. The van der Waals surface area contributed by atoms with Crippen LogP contribution in [0.3, 0.4) is 0 Å². The zero-order valence-corrected chi connectivity index (χ0v) is 16.7. The summed E-state index contributed by atoms with van der Waals surface area (Å²) in [5.41, 5.74) is 0.246. The van der Waals surface area contributed by atoms with Crippen molar-refractivity contribution in [1.82, 2.24) is 0 Å². The van der Waals surface area contributed by atoms with Gasteiger partial charge in [-0.3, -0.25) is 4.79 Å². The molecule has 3 aromatic rings. The van der Waals surface area contributed by atoms with Gasteiger partial charge in [0.2, 0.25) is 0 Å². The fourth-order valence-corrected chi connectivity index (χ4v) is 2.66. The Kier molecular flexibility index (Phi) is 6.71. The Morgan fingerprint density at radius 1 is 1.10 bits per heavy atom. The van der Waals surface area contributed by atoms with Crippen LogP contribution in [0.25, 0.3) is 0 Å². The molecule has 1 amide bonds. The van der Waals surface area contributed by atoms with E-state index in [-0.39, 0.29) is 29.6 Å². The van der Waals surface area contributed by atoms with E-state index in [0.717, 1.165) is 4.47 Å². The monoisotopic (exact) mass is 467 g/mol. The zero-order chi connectivity index (χ0) is 20.8. The predicted molar refractivity (Wildman–Crippen MR) is 105 cm³/mol. The standard InChI is InChI=1S/C20H16BrF2NO5/c1-26-16-8-4-13(10-18(16)29-20(22)23)24-19(25)17-9-7-15(28-17)11-27-14-5-2-12(21)3-6-14/h2-10,20H,11H2,1H3,(H,24,25). The van der Waals surface area contributed by atoms with Gasteiger partial charge in [-0.05, 0) is 48.5 Å². The second-order valence-corrected chi connectivity index (χ2v) is 6.62. The molecular weight excluding hydrogens is 452 g/mol. The van der Waals surface area contributed by atoms with Crippen molar-refractivity contribution in [2.75, 3.05) is 12.4 Å². The van der Waals surface area contributed by atoms with Crippen molar-refractivity contribution >= 4 is 27.5 Å². The van der Waals surface area contributed by atoms with Crippen LogP contribution in [-0.2, 0) is 6.61 Å². The van der Waals surface area contributed by atoms with E-state index in [2.05, 4.69) is 26.0 Å². The number of rotatable bonds is 8. The van der Waals surface area contributed by atoms with Crippen LogP contribution in [0.15, 0.2) is 63.5 Å². The number of ether oxygens (including phenoxy) is 3. The number of alkyl halides is 2. The third-order valence-corrected chi connectivity index (χ3v) is 4.25. The molecule has 0 fully saturated rings. The maximum absolute atomic E-state index is 12.5. The quantitative estimate of drug-likeness (QED) is 0.474. The average Bonchev–Trinajstić information content (AvgIpc) is 3.17. The number of carbonyl (C=O) groups excluding carboxylic acids is 1. The normalized spacial score (nSPS) is 10.7. The van der Waals surface area contributed by atoms with Gasteiger partial charge in [0.1, 0.15) is 18.1 Å². The third-order valence-electron chi connectivity index (χ3n) is 3.72. The maximum atomic E-state index is 12.5. The summed E-state index contributed by atoms with van der Waals surface area (Å²) in [7, 11) is 1.33. The van der Waals surface area contributed by atoms with Gasteiger partial charge < -0.3 is 23.9 Å². The summed E-state index contributed by atoms with van der Waals surface area (Å²) in [6.07, 6.45) is 0. The molecule has 1 aromatic heterocycles. The molecule has 0 radical (unpaired) electrons. The minimum Gasteiger partial charge on any atom is -0.493 e. The molecule has 0 unspecified atom stereocenters. The lowest BCUT2D eigenvalue weighted by molar-refractivity contribution is -0.0511. The van der Waals surface area contributed by atoms with Crippen molar-refractivity contribution in [3.05, 3.63) is 70.6 Å². The first kappa shape index (κ1) is 20.7. The summed E-state index contributed by atoms with van der Waals surface area (Å²) in [5.74, 6) is 0.534. The molecule has 0 atom stereocenters. The highest BCUT2D eigenvalue weighted by Crippen LogP contribution is 2.31. The minimum atomic E-state index is -3.02. The van der Waals surface area contributed by atoms with E-state index in [1.165, 1.54) is 31.4 Å². The number of hydrogen-bond donors (Lipinski definition) is 1. The molecule has 0 saturated heterocycles. The van der Waals surface area contributed by atoms with Crippen molar-refractivity contribution in [3.8, 4) is 17.2 Å². The lowest BCUT2D eigenvalue weighted by atomic mass is 10.2. The van der Waals surface area contributed by atoms with E-state index < -0.39 is 12.5 Å². The first-order chi connectivity index (χ1) is 13.9. The van der Waals surface area contributed by atoms with E-state index in [1.54, 1.807) is 18.2 Å². The summed E-state index contributed by atoms with van der Waals surface area (Å²) in [6.45, 7) is -2.88. The summed E-state index contributed by atoms with van der Waals surface area (Å²) >= 11 is 3.34. The average molecular weight is 468 g/mol. The summed E-state index contributed by atoms with van der Waals surface area (Å²) in [6, 6.07) is 14.5. The first-order valence-corrected chi connectivity index (χ1v) is 9.15. The number of halogens is 3. The molecule has 0 aliphatic rings. The Bertz CT molecular complexity index is 975.